The van der Waals surface area contributed by atoms with Gasteiger partial charge >= 0.3 is 0 Å². The van der Waals surface area contributed by atoms with Crippen LogP contribution in [0.5, 0.6) is 0 Å². The molecule has 0 N–H and O–H groups in total. The molecule has 3 heterocycles. The zero-order valence-electron chi connectivity index (χ0n) is 19.0. The van der Waals surface area contributed by atoms with Crippen molar-refractivity contribution in [1.29, 1.82) is 0 Å². The monoisotopic (exact) mass is 485 g/mol. The summed E-state index contributed by atoms with van der Waals surface area (Å²) in [6.45, 7) is 0.0155. The molecule has 176 valence electrons. The van der Waals surface area contributed by atoms with E-state index in [1.165, 1.54) is 12.1 Å². The summed E-state index contributed by atoms with van der Waals surface area (Å²) in [5.41, 5.74) is 3.42. The van der Waals surface area contributed by atoms with Gasteiger partial charge in [0.2, 0.25) is 11.8 Å². The second-order valence-electron chi connectivity index (χ2n) is 9.02. The number of hydrogen-bond acceptors (Lipinski definition) is 3. The predicted octanol–water partition coefficient (Wildman–Crippen LogP) is 5.35. The average Bonchev–Trinajstić information content (AvgIpc) is 3.35. The van der Waals surface area contributed by atoms with Gasteiger partial charge in [-0.3, -0.25) is 14.5 Å². The maximum atomic E-state index is 14.0. The van der Waals surface area contributed by atoms with Crippen LogP contribution >= 0.6 is 11.3 Å². The van der Waals surface area contributed by atoms with Gasteiger partial charge in [0.15, 0.2) is 0 Å². The number of carbonyl (C=O) groups is 2. The third-order valence-corrected chi connectivity index (χ3v) is 7.57. The molecule has 1 atom stereocenters. The number of aromatic nitrogens is 1. The highest BCUT2D eigenvalue weighted by Gasteiger charge is 2.39. The van der Waals surface area contributed by atoms with Crippen LogP contribution in [0.3, 0.4) is 0 Å². The standard InChI is InChI=1S/C28H24FN3O2S/c29-20-11-9-19(10-12-20)28-25-8-3-15-30(25)23-6-1-2-7-24(23)32(28)27(34)18-31(21-13-14-21)26(33)17-22-5-4-16-35-22/h1-12,15-16,21,28H,13-14,17-18H2. The molecule has 35 heavy (non-hydrogen) atoms. The van der Waals surface area contributed by atoms with Crippen LogP contribution in [-0.4, -0.2) is 33.9 Å². The zero-order chi connectivity index (χ0) is 23.9. The van der Waals surface area contributed by atoms with E-state index in [-0.39, 0.29) is 30.2 Å². The smallest absolute Gasteiger partial charge is 0.247 e. The highest BCUT2D eigenvalue weighted by Crippen LogP contribution is 2.42. The third-order valence-electron chi connectivity index (χ3n) is 6.69. The van der Waals surface area contributed by atoms with Gasteiger partial charge in [-0.1, -0.05) is 30.3 Å². The van der Waals surface area contributed by atoms with Crippen LogP contribution in [-0.2, 0) is 16.0 Å². The summed E-state index contributed by atoms with van der Waals surface area (Å²) in [6, 6.07) is 21.6. The molecule has 0 radical (unpaired) electrons. The first kappa shape index (κ1) is 21.8. The molecule has 2 amide bonds. The molecule has 2 aromatic heterocycles. The van der Waals surface area contributed by atoms with E-state index in [1.54, 1.807) is 33.3 Å². The molecule has 2 aromatic carbocycles. The Morgan fingerprint density at radius 3 is 2.43 bits per heavy atom. The number of para-hydroxylation sites is 2. The van der Waals surface area contributed by atoms with Crippen molar-refractivity contribution in [3.63, 3.8) is 0 Å². The molecule has 4 aromatic rings. The number of halogens is 1. The number of thiophene rings is 1. The van der Waals surface area contributed by atoms with Gasteiger partial charge in [0.05, 0.1) is 23.5 Å². The number of nitrogens with zero attached hydrogens (tertiary/aromatic N) is 3. The molecule has 6 rings (SSSR count). The molecule has 0 saturated heterocycles. The SMILES string of the molecule is O=C(Cc1cccs1)N(CC(=O)N1c2ccccc2-n2cccc2C1c1ccc(F)cc1)C1CC1. The lowest BCUT2D eigenvalue weighted by Gasteiger charge is -2.39. The second kappa shape index (κ2) is 8.82. The molecule has 1 saturated carbocycles. The number of carbonyl (C=O) groups excluding carboxylic acids is 2. The normalized spacial score (nSPS) is 16.5. The number of amides is 2. The molecule has 1 aliphatic carbocycles. The van der Waals surface area contributed by atoms with E-state index < -0.39 is 6.04 Å². The van der Waals surface area contributed by atoms with E-state index in [0.717, 1.165) is 40.4 Å². The van der Waals surface area contributed by atoms with E-state index in [4.69, 9.17) is 0 Å². The fraction of sp³-hybridized carbons (Fsp3) is 0.214. The van der Waals surface area contributed by atoms with Crippen LogP contribution in [0.15, 0.2) is 84.4 Å². The van der Waals surface area contributed by atoms with Crippen molar-refractivity contribution in [2.24, 2.45) is 0 Å². The van der Waals surface area contributed by atoms with Crippen LogP contribution in [0.2, 0.25) is 0 Å². The van der Waals surface area contributed by atoms with Gasteiger partial charge in [-0.25, -0.2) is 4.39 Å². The highest BCUT2D eigenvalue weighted by molar-refractivity contribution is 7.10. The van der Waals surface area contributed by atoms with Crippen molar-refractivity contribution in [1.82, 2.24) is 9.47 Å². The molecule has 0 spiro atoms. The summed E-state index contributed by atoms with van der Waals surface area (Å²) < 4.78 is 15.8. The average molecular weight is 486 g/mol. The van der Waals surface area contributed by atoms with E-state index in [0.29, 0.717) is 6.42 Å². The second-order valence-corrected chi connectivity index (χ2v) is 10.1. The Morgan fingerprint density at radius 1 is 0.943 bits per heavy atom. The predicted molar refractivity (Wildman–Crippen MR) is 134 cm³/mol. The minimum atomic E-state index is -0.429. The van der Waals surface area contributed by atoms with Crippen molar-refractivity contribution in [2.45, 2.75) is 31.3 Å². The maximum Gasteiger partial charge on any atom is 0.247 e. The Morgan fingerprint density at radius 2 is 1.71 bits per heavy atom. The Kier molecular flexibility index (Phi) is 5.49. The van der Waals surface area contributed by atoms with Crippen molar-refractivity contribution in [3.05, 3.63) is 106 Å². The number of benzene rings is 2. The molecule has 2 aliphatic rings. The molecule has 0 bridgehead atoms. The van der Waals surface area contributed by atoms with Crippen LogP contribution in [0, 0.1) is 5.82 Å². The fourth-order valence-corrected chi connectivity index (χ4v) is 5.61. The number of anilines is 1. The quantitative estimate of drug-likeness (QED) is 0.370. The molecule has 1 fully saturated rings. The van der Waals surface area contributed by atoms with Gasteiger partial charge in [-0.2, -0.15) is 0 Å². The third kappa shape index (κ3) is 4.06. The Hall–Kier alpha value is -3.71. The zero-order valence-corrected chi connectivity index (χ0v) is 19.8. The summed E-state index contributed by atoms with van der Waals surface area (Å²) >= 11 is 1.55. The summed E-state index contributed by atoms with van der Waals surface area (Å²) in [5.74, 6) is -0.488. The topological polar surface area (TPSA) is 45.6 Å². The summed E-state index contributed by atoms with van der Waals surface area (Å²) in [7, 11) is 0. The first-order valence-corrected chi connectivity index (χ1v) is 12.6. The molecular weight excluding hydrogens is 461 g/mol. The van der Waals surface area contributed by atoms with Gasteiger partial charge < -0.3 is 9.47 Å². The van der Waals surface area contributed by atoms with Gasteiger partial charge in [0.25, 0.3) is 0 Å². The van der Waals surface area contributed by atoms with Gasteiger partial charge in [0.1, 0.15) is 18.4 Å². The largest absolute Gasteiger partial charge is 0.330 e. The molecule has 5 nitrogen and oxygen atoms in total. The van der Waals surface area contributed by atoms with Crippen molar-refractivity contribution in [2.75, 3.05) is 11.4 Å². The van der Waals surface area contributed by atoms with E-state index in [2.05, 4.69) is 4.57 Å². The van der Waals surface area contributed by atoms with Crippen LogP contribution < -0.4 is 4.90 Å². The van der Waals surface area contributed by atoms with Gasteiger partial charge in [0, 0.05) is 17.1 Å². The number of rotatable bonds is 6. The Bertz CT molecular complexity index is 1380. The van der Waals surface area contributed by atoms with Crippen LogP contribution in [0.25, 0.3) is 5.69 Å². The summed E-state index contributed by atoms with van der Waals surface area (Å²) in [5, 5.41) is 1.96. The number of hydrogen-bond donors (Lipinski definition) is 0. The first-order valence-electron chi connectivity index (χ1n) is 11.8. The molecule has 1 aliphatic heterocycles. The van der Waals surface area contributed by atoms with Crippen molar-refractivity contribution < 1.29 is 14.0 Å². The van der Waals surface area contributed by atoms with E-state index in [9.17, 15) is 14.0 Å². The Labute approximate surface area is 207 Å². The Balaban J connectivity index is 1.38. The fourth-order valence-electron chi connectivity index (χ4n) is 4.92. The van der Waals surface area contributed by atoms with E-state index in [1.807, 2.05) is 60.1 Å². The summed E-state index contributed by atoms with van der Waals surface area (Å²) in [4.78, 5) is 31.8. The maximum absolute atomic E-state index is 14.0. The lowest BCUT2D eigenvalue weighted by molar-refractivity contribution is -0.135. The lowest BCUT2D eigenvalue weighted by Crippen LogP contribution is -2.47. The lowest BCUT2D eigenvalue weighted by atomic mass is 9.97. The molecule has 1 unspecified atom stereocenters. The van der Waals surface area contributed by atoms with Crippen LogP contribution in [0.4, 0.5) is 10.1 Å². The molecule has 7 heteroatoms. The number of fused-ring (bicyclic) bond motifs is 3. The van der Waals surface area contributed by atoms with Gasteiger partial charge in [-0.05, 0) is 66.2 Å². The highest BCUT2D eigenvalue weighted by atomic mass is 32.1. The molecular formula is C28H24FN3O2S. The minimum absolute atomic E-state index is 0.0155. The first-order chi connectivity index (χ1) is 17.1. The van der Waals surface area contributed by atoms with Crippen LogP contribution in [0.1, 0.15) is 35.0 Å². The van der Waals surface area contributed by atoms with E-state index >= 15 is 0 Å². The minimum Gasteiger partial charge on any atom is -0.330 e. The summed E-state index contributed by atoms with van der Waals surface area (Å²) in [6.07, 6.45) is 4.13. The van der Waals surface area contributed by atoms with Gasteiger partial charge in [-0.15, -0.1) is 11.3 Å². The van der Waals surface area contributed by atoms with Crippen molar-refractivity contribution >= 4 is 28.8 Å². The van der Waals surface area contributed by atoms with Crippen molar-refractivity contribution in [3.8, 4) is 5.69 Å².